The average Bonchev–Trinajstić information content (AvgIpc) is 2.81. The van der Waals surface area contributed by atoms with E-state index in [1.807, 2.05) is 19.2 Å². The van der Waals surface area contributed by atoms with E-state index < -0.39 is 0 Å². The molecule has 0 bridgehead atoms. The summed E-state index contributed by atoms with van der Waals surface area (Å²) < 4.78 is 6.07. The van der Waals surface area contributed by atoms with E-state index in [9.17, 15) is 5.11 Å². The SMILES string of the molecule is CCOc1cc(C=NNc2nc(C)cs2)c(Br)cc1O. The molecule has 0 radical (unpaired) electrons. The number of benzene rings is 1. The van der Waals surface area contributed by atoms with E-state index in [0.717, 1.165) is 20.9 Å². The second-order valence-corrected chi connectivity index (χ2v) is 5.65. The molecule has 2 rings (SSSR count). The van der Waals surface area contributed by atoms with E-state index in [0.29, 0.717) is 12.4 Å². The molecule has 20 heavy (non-hydrogen) atoms. The lowest BCUT2D eigenvalue weighted by Gasteiger charge is -2.08. The van der Waals surface area contributed by atoms with Gasteiger partial charge in [-0.3, -0.25) is 5.43 Å². The topological polar surface area (TPSA) is 66.7 Å². The molecule has 2 aromatic rings. The number of hydrazone groups is 1. The molecule has 106 valence electrons. The molecule has 0 aliphatic heterocycles. The van der Waals surface area contributed by atoms with Crippen molar-refractivity contribution in [1.82, 2.24) is 4.98 Å². The van der Waals surface area contributed by atoms with Gasteiger partial charge in [-0.2, -0.15) is 5.10 Å². The zero-order valence-electron chi connectivity index (χ0n) is 11.1. The van der Waals surface area contributed by atoms with Gasteiger partial charge in [0.15, 0.2) is 11.5 Å². The first-order valence-electron chi connectivity index (χ1n) is 5.96. The maximum absolute atomic E-state index is 9.73. The third-order valence-electron chi connectivity index (χ3n) is 2.36. The van der Waals surface area contributed by atoms with Gasteiger partial charge in [0.1, 0.15) is 0 Å². The normalized spacial score (nSPS) is 10.9. The average molecular weight is 356 g/mol. The van der Waals surface area contributed by atoms with E-state index in [2.05, 4.69) is 31.4 Å². The number of nitrogens with zero attached hydrogens (tertiary/aromatic N) is 2. The van der Waals surface area contributed by atoms with Crippen molar-refractivity contribution in [3.05, 3.63) is 33.2 Å². The molecular formula is C13H14BrN3O2S. The second kappa shape index (κ2) is 6.71. The first kappa shape index (κ1) is 14.8. The number of rotatable bonds is 5. The largest absolute Gasteiger partial charge is 0.504 e. The molecule has 0 unspecified atom stereocenters. The number of aryl methyl sites for hydroxylation is 1. The van der Waals surface area contributed by atoms with Crippen LogP contribution in [-0.2, 0) is 0 Å². The highest BCUT2D eigenvalue weighted by molar-refractivity contribution is 9.10. The van der Waals surface area contributed by atoms with Crippen LogP contribution >= 0.6 is 27.3 Å². The molecule has 0 atom stereocenters. The molecule has 0 fully saturated rings. The van der Waals surface area contributed by atoms with Crippen LogP contribution in [0.1, 0.15) is 18.2 Å². The molecule has 0 saturated carbocycles. The predicted octanol–water partition coefficient (Wildman–Crippen LogP) is 3.76. The van der Waals surface area contributed by atoms with Crippen molar-refractivity contribution < 1.29 is 9.84 Å². The van der Waals surface area contributed by atoms with Gasteiger partial charge >= 0.3 is 0 Å². The molecule has 0 spiro atoms. The van der Waals surface area contributed by atoms with Crippen LogP contribution in [0.3, 0.4) is 0 Å². The van der Waals surface area contributed by atoms with Gasteiger partial charge in [0.2, 0.25) is 5.13 Å². The molecular weight excluding hydrogens is 342 g/mol. The number of nitrogens with one attached hydrogen (secondary N) is 1. The summed E-state index contributed by atoms with van der Waals surface area (Å²) in [5.41, 5.74) is 4.61. The number of phenols is 1. The summed E-state index contributed by atoms with van der Waals surface area (Å²) >= 11 is 4.87. The zero-order valence-corrected chi connectivity index (χ0v) is 13.5. The molecule has 1 heterocycles. The van der Waals surface area contributed by atoms with E-state index in [1.54, 1.807) is 18.3 Å². The fraction of sp³-hybridized carbons (Fsp3) is 0.231. The molecule has 7 heteroatoms. The monoisotopic (exact) mass is 355 g/mol. The van der Waals surface area contributed by atoms with Crippen molar-refractivity contribution in [2.24, 2.45) is 5.10 Å². The van der Waals surface area contributed by atoms with Crippen molar-refractivity contribution in [3.8, 4) is 11.5 Å². The first-order chi connectivity index (χ1) is 9.60. The van der Waals surface area contributed by atoms with Crippen molar-refractivity contribution in [1.29, 1.82) is 0 Å². The number of anilines is 1. The Morgan fingerprint density at radius 1 is 1.55 bits per heavy atom. The smallest absolute Gasteiger partial charge is 0.203 e. The molecule has 0 aliphatic carbocycles. The van der Waals surface area contributed by atoms with Crippen LogP contribution in [0.2, 0.25) is 0 Å². The molecule has 2 N–H and O–H groups in total. The number of halogens is 1. The van der Waals surface area contributed by atoms with Crippen molar-refractivity contribution in [3.63, 3.8) is 0 Å². The minimum atomic E-state index is 0.0967. The van der Waals surface area contributed by atoms with E-state index >= 15 is 0 Å². The van der Waals surface area contributed by atoms with Crippen LogP contribution < -0.4 is 10.2 Å². The van der Waals surface area contributed by atoms with E-state index in [4.69, 9.17) is 4.74 Å². The maximum atomic E-state index is 9.73. The Morgan fingerprint density at radius 3 is 3.00 bits per heavy atom. The van der Waals surface area contributed by atoms with Crippen LogP contribution in [0.5, 0.6) is 11.5 Å². The number of thiazole rings is 1. The Morgan fingerprint density at radius 2 is 2.35 bits per heavy atom. The molecule has 1 aromatic carbocycles. The van der Waals surface area contributed by atoms with Gasteiger partial charge in [0, 0.05) is 15.4 Å². The highest BCUT2D eigenvalue weighted by Gasteiger charge is 2.07. The van der Waals surface area contributed by atoms with Gasteiger partial charge in [-0.15, -0.1) is 11.3 Å². The summed E-state index contributed by atoms with van der Waals surface area (Å²) in [6.07, 6.45) is 1.64. The van der Waals surface area contributed by atoms with Crippen LogP contribution in [-0.4, -0.2) is 22.9 Å². The molecule has 0 amide bonds. The van der Waals surface area contributed by atoms with Crippen LogP contribution in [0, 0.1) is 6.92 Å². The van der Waals surface area contributed by atoms with Crippen molar-refractivity contribution in [2.45, 2.75) is 13.8 Å². The predicted molar refractivity (Wildman–Crippen MR) is 85.0 cm³/mol. The van der Waals surface area contributed by atoms with Gasteiger partial charge in [-0.05, 0) is 41.9 Å². The zero-order chi connectivity index (χ0) is 14.5. The van der Waals surface area contributed by atoms with Crippen LogP contribution in [0.4, 0.5) is 5.13 Å². The van der Waals surface area contributed by atoms with Crippen LogP contribution in [0.25, 0.3) is 0 Å². The molecule has 0 saturated heterocycles. The third-order valence-corrected chi connectivity index (χ3v) is 3.91. The van der Waals surface area contributed by atoms with E-state index in [-0.39, 0.29) is 5.75 Å². The minimum Gasteiger partial charge on any atom is -0.504 e. The number of phenolic OH excluding ortho intramolecular Hbond substituents is 1. The van der Waals surface area contributed by atoms with Crippen molar-refractivity contribution in [2.75, 3.05) is 12.0 Å². The Hall–Kier alpha value is -1.60. The summed E-state index contributed by atoms with van der Waals surface area (Å²) in [6, 6.07) is 3.31. The summed E-state index contributed by atoms with van der Waals surface area (Å²) in [6.45, 7) is 4.28. The standard InChI is InChI=1S/C13H14BrN3O2S/c1-3-19-12-4-9(10(14)5-11(12)18)6-15-17-13-16-8(2)7-20-13/h4-7,18H,3H2,1-2H3,(H,16,17). The number of ether oxygens (including phenoxy) is 1. The second-order valence-electron chi connectivity index (χ2n) is 3.94. The number of hydrogen-bond donors (Lipinski definition) is 2. The van der Waals surface area contributed by atoms with Crippen molar-refractivity contribution >= 4 is 38.6 Å². The first-order valence-corrected chi connectivity index (χ1v) is 7.64. The summed E-state index contributed by atoms with van der Waals surface area (Å²) in [5, 5.41) is 16.5. The summed E-state index contributed by atoms with van der Waals surface area (Å²) in [4.78, 5) is 4.24. The van der Waals surface area contributed by atoms with Gasteiger partial charge in [0.25, 0.3) is 0 Å². The lowest BCUT2D eigenvalue weighted by Crippen LogP contribution is -1.95. The van der Waals surface area contributed by atoms with E-state index in [1.165, 1.54) is 11.3 Å². The van der Waals surface area contributed by atoms with Gasteiger partial charge in [0.05, 0.1) is 18.5 Å². The molecule has 0 aliphatic rings. The number of aromatic hydroxyl groups is 1. The summed E-state index contributed by atoms with van der Waals surface area (Å²) in [5.74, 6) is 0.529. The number of hydrogen-bond acceptors (Lipinski definition) is 6. The summed E-state index contributed by atoms with van der Waals surface area (Å²) in [7, 11) is 0. The highest BCUT2D eigenvalue weighted by atomic mass is 79.9. The lowest BCUT2D eigenvalue weighted by molar-refractivity contribution is 0.318. The molecule has 5 nitrogen and oxygen atoms in total. The minimum absolute atomic E-state index is 0.0967. The Kier molecular flexibility index (Phi) is 4.97. The maximum Gasteiger partial charge on any atom is 0.203 e. The van der Waals surface area contributed by atoms with Gasteiger partial charge < -0.3 is 9.84 Å². The fourth-order valence-corrected chi connectivity index (χ4v) is 2.56. The highest BCUT2D eigenvalue weighted by Crippen LogP contribution is 2.31. The van der Waals surface area contributed by atoms with Crippen LogP contribution in [0.15, 0.2) is 27.1 Å². The quantitative estimate of drug-likeness (QED) is 0.632. The Labute approximate surface area is 129 Å². The Balaban J connectivity index is 2.13. The fourth-order valence-electron chi connectivity index (χ4n) is 1.49. The number of aromatic nitrogens is 1. The van der Waals surface area contributed by atoms with Gasteiger partial charge in [-0.25, -0.2) is 4.98 Å². The Bertz CT molecular complexity index is 628. The lowest BCUT2D eigenvalue weighted by atomic mass is 10.2. The molecule has 1 aromatic heterocycles. The third kappa shape index (κ3) is 3.71. The van der Waals surface area contributed by atoms with Gasteiger partial charge in [-0.1, -0.05) is 0 Å².